The molecule has 1 saturated carbocycles. The number of hydrogen-bond donors (Lipinski definition) is 2. The Morgan fingerprint density at radius 3 is 2.68 bits per heavy atom. The maximum atomic E-state index is 12.0. The predicted molar refractivity (Wildman–Crippen MR) is 72.5 cm³/mol. The van der Waals surface area contributed by atoms with Gasteiger partial charge in [-0.15, -0.1) is 11.3 Å². The smallest absolute Gasteiger partial charge is 0.355 e. The molecule has 6 heteroatoms. The zero-order valence-electron chi connectivity index (χ0n) is 11.0. The lowest BCUT2D eigenvalue weighted by atomic mass is 9.79. The molecule has 1 aromatic rings. The van der Waals surface area contributed by atoms with Gasteiger partial charge in [-0.05, 0) is 31.1 Å². The van der Waals surface area contributed by atoms with Crippen LogP contribution in [0, 0.1) is 11.8 Å². The van der Waals surface area contributed by atoms with Crippen molar-refractivity contribution < 1.29 is 14.7 Å². The molecular formula is C13H18N2O3S. The molecule has 104 valence electrons. The first-order chi connectivity index (χ1) is 8.97. The van der Waals surface area contributed by atoms with E-state index in [1.54, 1.807) is 0 Å². The van der Waals surface area contributed by atoms with E-state index in [2.05, 4.69) is 24.1 Å². The highest BCUT2D eigenvalue weighted by atomic mass is 32.1. The number of rotatable bonds is 3. The van der Waals surface area contributed by atoms with Gasteiger partial charge in [0.05, 0.1) is 0 Å². The monoisotopic (exact) mass is 282 g/mol. The van der Waals surface area contributed by atoms with Gasteiger partial charge in [-0.2, -0.15) is 0 Å². The van der Waals surface area contributed by atoms with Crippen LogP contribution in [0.4, 0.5) is 0 Å². The molecule has 2 rings (SSSR count). The van der Waals surface area contributed by atoms with Crippen LogP contribution in [0.5, 0.6) is 0 Å². The summed E-state index contributed by atoms with van der Waals surface area (Å²) in [7, 11) is 0. The van der Waals surface area contributed by atoms with E-state index in [0.717, 1.165) is 30.6 Å². The van der Waals surface area contributed by atoms with Crippen LogP contribution in [0.3, 0.4) is 0 Å². The zero-order valence-corrected chi connectivity index (χ0v) is 11.9. The van der Waals surface area contributed by atoms with Gasteiger partial charge in [0.2, 0.25) is 0 Å². The van der Waals surface area contributed by atoms with Gasteiger partial charge in [0.1, 0.15) is 0 Å². The molecule has 0 radical (unpaired) electrons. The fourth-order valence-corrected chi connectivity index (χ4v) is 3.10. The van der Waals surface area contributed by atoms with Gasteiger partial charge in [-0.1, -0.05) is 13.8 Å². The Morgan fingerprint density at radius 1 is 1.37 bits per heavy atom. The number of nitrogens with zero attached hydrogens (tertiary/aromatic N) is 1. The average molecular weight is 282 g/mol. The molecule has 0 spiro atoms. The molecule has 3 unspecified atom stereocenters. The minimum atomic E-state index is -1.10. The fraction of sp³-hybridized carbons (Fsp3) is 0.615. The molecule has 1 aliphatic rings. The van der Waals surface area contributed by atoms with Crippen LogP contribution >= 0.6 is 11.3 Å². The molecule has 2 N–H and O–H groups in total. The number of carboxylic acids is 1. The average Bonchev–Trinajstić information content (AvgIpc) is 2.83. The molecule has 1 fully saturated rings. The summed E-state index contributed by atoms with van der Waals surface area (Å²) in [4.78, 5) is 26.5. The van der Waals surface area contributed by atoms with Gasteiger partial charge in [-0.25, -0.2) is 9.78 Å². The van der Waals surface area contributed by atoms with Crippen molar-refractivity contribution in [1.82, 2.24) is 10.3 Å². The lowest BCUT2D eigenvalue weighted by molar-refractivity contribution is 0.0691. The number of carbonyl (C=O) groups is 2. The maximum Gasteiger partial charge on any atom is 0.355 e. The molecule has 1 aliphatic carbocycles. The number of aromatic nitrogens is 1. The molecule has 0 saturated heterocycles. The van der Waals surface area contributed by atoms with Gasteiger partial charge in [0, 0.05) is 11.4 Å². The highest BCUT2D eigenvalue weighted by Crippen LogP contribution is 2.29. The van der Waals surface area contributed by atoms with Gasteiger partial charge >= 0.3 is 5.97 Å². The van der Waals surface area contributed by atoms with Gasteiger partial charge < -0.3 is 10.4 Å². The van der Waals surface area contributed by atoms with Crippen LogP contribution < -0.4 is 5.32 Å². The number of aromatic carboxylic acids is 1. The van der Waals surface area contributed by atoms with E-state index in [1.165, 1.54) is 5.38 Å². The second-order valence-corrected chi connectivity index (χ2v) is 6.14. The molecule has 0 aromatic carbocycles. The molecule has 3 atom stereocenters. The van der Waals surface area contributed by atoms with Crippen LogP contribution in [0.1, 0.15) is 53.4 Å². The van der Waals surface area contributed by atoms with Crippen molar-refractivity contribution in [3.8, 4) is 0 Å². The van der Waals surface area contributed by atoms with E-state index < -0.39 is 5.97 Å². The van der Waals surface area contributed by atoms with Gasteiger partial charge in [0.15, 0.2) is 10.7 Å². The largest absolute Gasteiger partial charge is 0.476 e. The molecule has 0 bridgehead atoms. The molecule has 1 aromatic heterocycles. The summed E-state index contributed by atoms with van der Waals surface area (Å²) in [5.74, 6) is -0.0591. The van der Waals surface area contributed by atoms with Crippen molar-refractivity contribution in [1.29, 1.82) is 0 Å². The highest BCUT2D eigenvalue weighted by molar-refractivity contribution is 7.11. The summed E-state index contributed by atoms with van der Waals surface area (Å²) in [5, 5.41) is 13.3. The standard InChI is InChI=1S/C13H18N2O3S/c1-7-3-4-9(5-8(7)2)14-11(16)12-15-10(6-19-12)13(17)18/h6-9H,3-5H2,1-2H3,(H,14,16)(H,17,18). The number of nitrogens with one attached hydrogen (secondary N) is 1. The normalized spacial score (nSPS) is 26.9. The first-order valence-electron chi connectivity index (χ1n) is 6.47. The van der Waals surface area contributed by atoms with Crippen molar-refractivity contribution in [3.05, 3.63) is 16.1 Å². The van der Waals surface area contributed by atoms with Gasteiger partial charge in [0.25, 0.3) is 5.91 Å². The number of amides is 1. The van der Waals surface area contributed by atoms with E-state index in [0.29, 0.717) is 11.8 Å². The van der Waals surface area contributed by atoms with E-state index in [9.17, 15) is 9.59 Å². The fourth-order valence-electron chi connectivity index (χ4n) is 2.40. The summed E-state index contributed by atoms with van der Waals surface area (Å²) in [5.41, 5.74) is -0.0687. The lowest BCUT2D eigenvalue weighted by Gasteiger charge is -2.32. The van der Waals surface area contributed by atoms with E-state index >= 15 is 0 Å². The molecule has 0 aliphatic heterocycles. The summed E-state index contributed by atoms with van der Waals surface area (Å²) >= 11 is 1.07. The molecular weight excluding hydrogens is 264 g/mol. The van der Waals surface area contributed by atoms with Crippen LogP contribution in [0.25, 0.3) is 0 Å². The van der Waals surface area contributed by atoms with Crippen molar-refractivity contribution in [2.45, 2.75) is 39.2 Å². The van der Waals surface area contributed by atoms with Crippen molar-refractivity contribution in [3.63, 3.8) is 0 Å². The third-order valence-corrected chi connectivity index (χ3v) is 4.69. The first-order valence-corrected chi connectivity index (χ1v) is 7.35. The number of hydrogen-bond acceptors (Lipinski definition) is 4. The maximum absolute atomic E-state index is 12.0. The Labute approximate surface area is 116 Å². The lowest BCUT2D eigenvalue weighted by Crippen LogP contribution is -2.39. The van der Waals surface area contributed by atoms with Crippen molar-refractivity contribution in [2.24, 2.45) is 11.8 Å². The second-order valence-electron chi connectivity index (χ2n) is 5.28. The van der Waals surface area contributed by atoms with Crippen molar-refractivity contribution in [2.75, 3.05) is 0 Å². The molecule has 1 heterocycles. The number of thiazole rings is 1. The number of carbonyl (C=O) groups excluding carboxylic acids is 1. The summed E-state index contributed by atoms with van der Waals surface area (Å²) in [6, 6.07) is 0.177. The Hall–Kier alpha value is -1.43. The Kier molecular flexibility index (Phi) is 4.19. The van der Waals surface area contributed by atoms with Crippen LogP contribution in [0.2, 0.25) is 0 Å². The Morgan fingerprint density at radius 2 is 2.11 bits per heavy atom. The van der Waals surface area contributed by atoms with Crippen LogP contribution in [-0.4, -0.2) is 28.0 Å². The molecule has 1 amide bonds. The third kappa shape index (κ3) is 3.32. The van der Waals surface area contributed by atoms with Crippen LogP contribution in [0.15, 0.2) is 5.38 Å². The first kappa shape index (κ1) is 14.0. The highest BCUT2D eigenvalue weighted by Gasteiger charge is 2.26. The Balaban J connectivity index is 1.95. The molecule has 5 nitrogen and oxygen atoms in total. The Bertz CT molecular complexity index is 486. The van der Waals surface area contributed by atoms with E-state index in [-0.39, 0.29) is 22.7 Å². The van der Waals surface area contributed by atoms with Gasteiger partial charge in [-0.3, -0.25) is 4.79 Å². The van der Waals surface area contributed by atoms with Crippen LogP contribution in [-0.2, 0) is 0 Å². The summed E-state index contributed by atoms with van der Waals surface area (Å²) in [6.07, 6.45) is 3.07. The number of carboxylic acid groups (broad SMARTS) is 1. The summed E-state index contributed by atoms with van der Waals surface area (Å²) in [6.45, 7) is 4.44. The van der Waals surface area contributed by atoms with E-state index in [1.807, 2.05) is 0 Å². The zero-order chi connectivity index (χ0) is 14.0. The topological polar surface area (TPSA) is 79.3 Å². The quantitative estimate of drug-likeness (QED) is 0.892. The predicted octanol–water partition coefficient (Wildman–Crippen LogP) is 2.40. The minimum Gasteiger partial charge on any atom is -0.476 e. The second kappa shape index (κ2) is 5.69. The third-order valence-electron chi connectivity index (χ3n) is 3.85. The SMILES string of the molecule is CC1CCC(NC(=O)c2nc(C(=O)O)cs2)CC1C. The van der Waals surface area contributed by atoms with E-state index in [4.69, 9.17) is 5.11 Å². The molecule has 19 heavy (non-hydrogen) atoms. The summed E-state index contributed by atoms with van der Waals surface area (Å²) < 4.78 is 0. The van der Waals surface area contributed by atoms with Crippen molar-refractivity contribution >= 4 is 23.2 Å². The minimum absolute atomic E-state index is 0.0687.